The van der Waals surface area contributed by atoms with E-state index in [1.807, 2.05) is 21.8 Å². The normalized spacial score (nSPS) is 19.0. The van der Waals surface area contributed by atoms with Crippen molar-refractivity contribution in [1.29, 1.82) is 0 Å². The Bertz CT molecular complexity index is 1340. The maximum absolute atomic E-state index is 12.3. The van der Waals surface area contributed by atoms with E-state index < -0.39 is 0 Å². The lowest BCUT2D eigenvalue weighted by Crippen LogP contribution is -2.44. The zero-order chi connectivity index (χ0) is 25.6. The van der Waals surface area contributed by atoms with Gasteiger partial charge in [-0.05, 0) is 49.7 Å². The van der Waals surface area contributed by atoms with E-state index in [0.29, 0.717) is 11.8 Å². The number of hydrogen-bond donors (Lipinski definition) is 1. The van der Waals surface area contributed by atoms with Crippen LogP contribution in [0.15, 0.2) is 28.9 Å². The second-order valence-electron chi connectivity index (χ2n) is 10.2. The first-order valence-corrected chi connectivity index (χ1v) is 13.2. The van der Waals surface area contributed by atoms with Gasteiger partial charge in [-0.3, -0.25) is 10.6 Å². The second-order valence-corrected chi connectivity index (χ2v) is 11.2. The quantitative estimate of drug-likeness (QED) is 0.405. The Labute approximate surface area is 214 Å². The summed E-state index contributed by atoms with van der Waals surface area (Å²) in [5.41, 5.74) is 6.07. The third kappa shape index (κ3) is 4.46. The molecular formula is C25H33N9OS. The number of aryl methyl sites for hydroxylation is 1. The van der Waals surface area contributed by atoms with Crippen molar-refractivity contribution in [1.82, 2.24) is 29.5 Å². The monoisotopic (exact) mass is 507 g/mol. The molecule has 1 saturated heterocycles. The maximum atomic E-state index is 12.3. The first-order chi connectivity index (χ1) is 17.2. The van der Waals surface area contributed by atoms with Crippen LogP contribution in [0.3, 0.4) is 0 Å². The van der Waals surface area contributed by atoms with Crippen LogP contribution in [0.1, 0.15) is 59.2 Å². The van der Waals surface area contributed by atoms with Crippen molar-refractivity contribution in [3.05, 3.63) is 45.3 Å². The molecule has 1 amide bonds. The molecule has 0 spiro atoms. The van der Waals surface area contributed by atoms with E-state index in [9.17, 15) is 4.79 Å². The van der Waals surface area contributed by atoms with Gasteiger partial charge in [0.05, 0.1) is 18.2 Å². The van der Waals surface area contributed by atoms with E-state index in [1.165, 1.54) is 9.89 Å². The summed E-state index contributed by atoms with van der Waals surface area (Å²) in [4.78, 5) is 24.7. The highest BCUT2D eigenvalue weighted by molar-refractivity contribution is 7.13. The van der Waals surface area contributed by atoms with Gasteiger partial charge in [-0.25, -0.2) is 19.5 Å². The summed E-state index contributed by atoms with van der Waals surface area (Å²) >= 11 is 1.71. The van der Waals surface area contributed by atoms with Crippen molar-refractivity contribution in [2.24, 2.45) is 27.9 Å². The number of carbonyl (C=O) groups excluding carboxylic acids is 1. The van der Waals surface area contributed by atoms with Crippen LogP contribution in [0.5, 0.6) is 0 Å². The van der Waals surface area contributed by atoms with E-state index in [0.717, 1.165) is 64.7 Å². The van der Waals surface area contributed by atoms with Gasteiger partial charge in [0.1, 0.15) is 17.0 Å². The predicted octanol–water partition coefficient (Wildman–Crippen LogP) is 2.79. The van der Waals surface area contributed by atoms with Crippen molar-refractivity contribution in [3.63, 3.8) is 0 Å². The molecule has 3 aromatic rings. The summed E-state index contributed by atoms with van der Waals surface area (Å²) in [6.07, 6.45) is 7.45. The molecule has 11 heteroatoms. The number of pyridine rings is 1. The number of nitrogens with zero attached hydrogens (tertiary/aromatic N) is 8. The number of rotatable bonds is 6. The minimum Gasteiger partial charge on any atom is -0.341 e. The van der Waals surface area contributed by atoms with Gasteiger partial charge in [-0.2, -0.15) is 15.3 Å². The molecule has 0 radical (unpaired) electrons. The van der Waals surface area contributed by atoms with Crippen molar-refractivity contribution in [3.8, 4) is 0 Å². The first-order valence-electron chi connectivity index (χ1n) is 12.4. The van der Waals surface area contributed by atoms with Gasteiger partial charge in [-0.1, -0.05) is 13.8 Å². The number of carbonyl (C=O) groups is 1. The summed E-state index contributed by atoms with van der Waals surface area (Å²) in [5.74, 6) is 6.49. The molecule has 36 heavy (non-hydrogen) atoms. The molecule has 1 fully saturated rings. The Kier molecular flexibility index (Phi) is 6.71. The van der Waals surface area contributed by atoms with Crippen molar-refractivity contribution in [2.45, 2.75) is 46.5 Å². The van der Waals surface area contributed by atoms with Crippen LogP contribution in [0, 0.1) is 25.7 Å². The van der Waals surface area contributed by atoms with Gasteiger partial charge < -0.3 is 4.90 Å². The molecule has 190 valence electrons. The molecule has 0 bridgehead atoms. The predicted molar refractivity (Wildman–Crippen MR) is 141 cm³/mol. The third-order valence-electron chi connectivity index (χ3n) is 7.30. The molecular weight excluding hydrogens is 474 g/mol. The average Bonchev–Trinajstić information content (AvgIpc) is 3.60. The first kappa shape index (κ1) is 24.7. The molecule has 2 N–H and O–H groups in total. The number of thiazole rings is 1. The standard InChI is InChI=1S/C25H33N9OS/c1-14(2)21-22(18-11-34-24(28-13-29-34)16(4)15(18)3)30-31-23(21)25-27-10-19(36-25)17-6-8-33(9-7-17)20(35)12-32(5)26/h10-11,13-14,17,21H,6-9,12,26H2,1-5H3. The number of amides is 1. The molecule has 3 aromatic heterocycles. The van der Waals surface area contributed by atoms with Crippen LogP contribution < -0.4 is 5.84 Å². The van der Waals surface area contributed by atoms with Crippen LogP contribution in [0.4, 0.5) is 0 Å². The second kappa shape index (κ2) is 9.79. The summed E-state index contributed by atoms with van der Waals surface area (Å²) in [6.45, 7) is 10.3. The number of piperidine rings is 1. The van der Waals surface area contributed by atoms with Gasteiger partial charge >= 0.3 is 0 Å². The number of likely N-dealkylation sites (N-methyl/N-ethyl adjacent to an activating group) is 1. The Morgan fingerprint density at radius 2 is 1.89 bits per heavy atom. The smallest absolute Gasteiger partial charge is 0.238 e. The highest BCUT2D eigenvalue weighted by atomic mass is 32.1. The Morgan fingerprint density at radius 3 is 2.58 bits per heavy atom. The molecule has 10 nitrogen and oxygen atoms in total. The number of nitrogens with two attached hydrogens (primary N) is 1. The molecule has 0 saturated carbocycles. The minimum atomic E-state index is 0.0517. The summed E-state index contributed by atoms with van der Waals surface area (Å²) in [5, 5.41) is 16.1. The van der Waals surface area contributed by atoms with E-state index in [2.05, 4.69) is 48.0 Å². The fourth-order valence-electron chi connectivity index (χ4n) is 5.17. The number of hydrazine groups is 1. The van der Waals surface area contributed by atoms with Crippen LogP contribution in [0.2, 0.25) is 0 Å². The van der Waals surface area contributed by atoms with Gasteiger partial charge in [0.2, 0.25) is 5.91 Å². The third-order valence-corrected chi connectivity index (χ3v) is 8.48. The van der Waals surface area contributed by atoms with Gasteiger partial charge in [0.15, 0.2) is 5.65 Å². The average molecular weight is 508 g/mol. The lowest BCUT2D eigenvalue weighted by molar-refractivity contribution is -0.133. The van der Waals surface area contributed by atoms with E-state index >= 15 is 0 Å². The van der Waals surface area contributed by atoms with E-state index in [4.69, 9.17) is 10.8 Å². The van der Waals surface area contributed by atoms with Crippen molar-refractivity contribution >= 4 is 34.3 Å². The number of likely N-dealkylation sites (tertiary alicyclic amines) is 1. The number of hydrogen-bond acceptors (Lipinski definition) is 9. The van der Waals surface area contributed by atoms with Gasteiger partial charge in [0.25, 0.3) is 0 Å². The summed E-state index contributed by atoms with van der Waals surface area (Å²) < 4.78 is 1.82. The Morgan fingerprint density at radius 1 is 1.17 bits per heavy atom. The molecule has 5 heterocycles. The number of fused-ring (bicyclic) bond motifs is 1. The SMILES string of the molecule is Cc1c(C2=NN=C(c3ncc(C4CCN(C(=O)CN(C)N)CC4)s3)C2C(C)C)cn2ncnc2c1C. The lowest BCUT2D eigenvalue weighted by atomic mass is 9.83. The van der Waals surface area contributed by atoms with Crippen LogP contribution >= 0.6 is 11.3 Å². The fourth-order valence-corrected chi connectivity index (χ4v) is 6.28. The van der Waals surface area contributed by atoms with E-state index in [-0.39, 0.29) is 18.4 Å². The van der Waals surface area contributed by atoms with Crippen molar-refractivity contribution in [2.75, 3.05) is 26.7 Å². The van der Waals surface area contributed by atoms with Gasteiger partial charge in [0, 0.05) is 43.0 Å². The minimum absolute atomic E-state index is 0.0517. The Balaban J connectivity index is 1.34. The summed E-state index contributed by atoms with van der Waals surface area (Å²) in [7, 11) is 1.71. The molecule has 1 atom stereocenters. The zero-order valence-electron chi connectivity index (χ0n) is 21.5. The van der Waals surface area contributed by atoms with Crippen molar-refractivity contribution < 1.29 is 4.79 Å². The largest absolute Gasteiger partial charge is 0.341 e. The molecule has 2 aliphatic rings. The Hall–Kier alpha value is -3.02. The fraction of sp³-hybridized carbons (Fsp3) is 0.520. The van der Waals surface area contributed by atoms with Gasteiger partial charge in [-0.15, -0.1) is 11.3 Å². The van der Waals surface area contributed by atoms with Crippen LogP contribution in [-0.4, -0.2) is 73.5 Å². The highest BCUT2D eigenvalue weighted by Crippen LogP contribution is 2.36. The highest BCUT2D eigenvalue weighted by Gasteiger charge is 2.35. The number of aromatic nitrogens is 4. The maximum Gasteiger partial charge on any atom is 0.238 e. The lowest BCUT2D eigenvalue weighted by Gasteiger charge is -2.32. The molecule has 2 aliphatic heterocycles. The zero-order valence-corrected chi connectivity index (χ0v) is 22.3. The van der Waals surface area contributed by atoms with Crippen LogP contribution in [0.25, 0.3) is 5.65 Å². The molecule has 0 aromatic carbocycles. The molecule has 1 unspecified atom stereocenters. The van der Waals surface area contributed by atoms with E-state index in [1.54, 1.807) is 24.7 Å². The summed E-state index contributed by atoms with van der Waals surface area (Å²) in [6, 6.07) is 0. The molecule has 5 rings (SSSR count). The van der Waals surface area contributed by atoms with Crippen LogP contribution in [-0.2, 0) is 4.79 Å². The molecule has 0 aliphatic carbocycles. The topological polar surface area (TPSA) is 117 Å².